The van der Waals surface area contributed by atoms with Gasteiger partial charge in [0.1, 0.15) is 17.2 Å². The molecule has 3 heterocycles. The highest BCUT2D eigenvalue weighted by molar-refractivity contribution is 7.19. The monoisotopic (exact) mass is 565 g/mol. The van der Waals surface area contributed by atoms with Crippen molar-refractivity contribution in [2.45, 2.75) is 78.7 Å². The van der Waals surface area contributed by atoms with Gasteiger partial charge in [0, 0.05) is 11.4 Å². The summed E-state index contributed by atoms with van der Waals surface area (Å²) in [4.78, 5) is 45.0. The highest BCUT2D eigenvalue weighted by atomic mass is 32.1. The van der Waals surface area contributed by atoms with Crippen LogP contribution in [-0.2, 0) is 22.6 Å². The second-order valence-electron chi connectivity index (χ2n) is 11.5. The van der Waals surface area contributed by atoms with Gasteiger partial charge in [0.2, 0.25) is 5.89 Å². The SMILES string of the molecule is Cc1sc2c(c1-c1ncco1)c(=O)n(CC(C)C(=O)O)c(=O)n2C[C@H](OC1CCC(C)(C)CC1)c1ccccc1. The maximum absolute atomic E-state index is 14.0. The Morgan fingerprint density at radius 1 is 1.18 bits per heavy atom. The molecule has 1 aliphatic carbocycles. The molecule has 40 heavy (non-hydrogen) atoms. The van der Waals surface area contributed by atoms with E-state index in [1.54, 1.807) is 4.57 Å². The van der Waals surface area contributed by atoms with Crippen molar-refractivity contribution in [3.05, 3.63) is 74.1 Å². The van der Waals surface area contributed by atoms with Crippen molar-refractivity contribution in [3.63, 3.8) is 0 Å². The number of oxazole rings is 1. The molecule has 1 fully saturated rings. The largest absolute Gasteiger partial charge is 0.481 e. The Morgan fingerprint density at radius 3 is 2.50 bits per heavy atom. The Hall–Kier alpha value is -3.50. The van der Waals surface area contributed by atoms with E-state index in [1.165, 1.54) is 30.7 Å². The Kier molecular flexibility index (Phi) is 7.83. The van der Waals surface area contributed by atoms with E-state index >= 15 is 0 Å². The molecule has 10 heteroatoms. The Labute approximate surface area is 236 Å². The van der Waals surface area contributed by atoms with Crippen LogP contribution in [0.5, 0.6) is 0 Å². The Morgan fingerprint density at radius 2 is 1.88 bits per heavy atom. The van der Waals surface area contributed by atoms with Crippen LogP contribution in [0.2, 0.25) is 0 Å². The summed E-state index contributed by atoms with van der Waals surface area (Å²) in [6, 6.07) is 9.80. The average Bonchev–Trinajstić information content (AvgIpc) is 3.57. The molecular formula is C30H35N3O6S. The second-order valence-corrected chi connectivity index (χ2v) is 12.7. The number of benzene rings is 1. The summed E-state index contributed by atoms with van der Waals surface area (Å²) in [6.07, 6.45) is 6.54. The van der Waals surface area contributed by atoms with Gasteiger partial charge < -0.3 is 14.3 Å². The number of rotatable bonds is 9. The van der Waals surface area contributed by atoms with Gasteiger partial charge in [-0.15, -0.1) is 11.3 Å². The van der Waals surface area contributed by atoms with Gasteiger partial charge in [0.15, 0.2) is 0 Å². The van der Waals surface area contributed by atoms with Crippen LogP contribution < -0.4 is 11.2 Å². The molecule has 9 nitrogen and oxygen atoms in total. The molecule has 0 radical (unpaired) electrons. The van der Waals surface area contributed by atoms with E-state index in [0.717, 1.165) is 40.7 Å². The third-order valence-electron chi connectivity index (χ3n) is 7.92. The molecule has 1 unspecified atom stereocenters. The second kappa shape index (κ2) is 11.2. The standard InChI is InChI=1S/C30H35N3O6S/c1-18(28(35)36)16-32-26(34)24-23(25-31-14-15-38-25)19(2)40-27(24)33(29(32)37)17-22(20-8-6-5-7-9-20)39-21-10-12-30(3,4)13-11-21/h5-9,14-15,18,21-22H,10-13,16-17H2,1-4H3,(H,35,36)/t18?,22-/m0/s1. The molecule has 3 aromatic heterocycles. The number of hydrogen-bond donors (Lipinski definition) is 1. The lowest BCUT2D eigenvalue weighted by Crippen LogP contribution is -2.43. The van der Waals surface area contributed by atoms with Gasteiger partial charge in [0.05, 0.1) is 35.7 Å². The molecule has 0 saturated heterocycles. The van der Waals surface area contributed by atoms with E-state index in [0.29, 0.717) is 15.8 Å². The summed E-state index contributed by atoms with van der Waals surface area (Å²) in [6.45, 7) is 7.82. The number of ether oxygens (including phenoxy) is 1. The van der Waals surface area contributed by atoms with Crippen molar-refractivity contribution in [2.24, 2.45) is 11.3 Å². The number of carboxylic acids is 1. The lowest BCUT2D eigenvalue weighted by atomic mass is 9.76. The number of aryl methyl sites for hydroxylation is 1. The zero-order valence-electron chi connectivity index (χ0n) is 23.3. The predicted octanol–water partition coefficient (Wildman–Crippen LogP) is 5.64. The van der Waals surface area contributed by atoms with Gasteiger partial charge >= 0.3 is 11.7 Å². The maximum atomic E-state index is 14.0. The molecule has 2 atom stereocenters. The summed E-state index contributed by atoms with van der Waals surface area (Å²) < 4.78 is 14.9. The van der Waals surface area contributed by atoms with Crippen LogP contribution in [0.4, 0.5) is 0 Å². The number of fused-ring (bicyclic) bond motifs is 1. The van der Waals surface area contributed by atoms with E-state index in [2.05, 4.69) is 18.8 Å². The van der Waals surface area contributed by atoms with Gasteiger partial charge in [-0.3, -0.25) is 18.7 Å². The van der Waals surface area contributed by atoms with Crippen LogP contribution in [0.1, 0.15) is 63.0 Å². The topological polar surface area (TPSA) is 117 Å². The molecule has 5 rings (SSSR count). The molecule has 1 N–H and O–H groups in total. The van der Waals surface area contributed by atoms with Crippen molar-refractivity contribution in [1.29, 1.82) is 0 Å². The molecule has 0 amide bonds. The summed E-state index contributed by atoms with van der Waals surface area (Å²) in [5.74, 6) is -1.74. The average molecular weight is 566 g/mol. The summed E-state index contributed by atoms with van der Waals surface area (Å²) in [7, 11) is 0. The fraction of sp³-hybridized carbons (Fsp3) is 0.467. The van der Waals surface area contributed by atoms with Gasteiger partial charge in [-0.25, -0.2) is 9.78 Å². The summed E-state index contributed by atoms with van der Waals surface area (Å²) >= 11 is 1.33. The van der Waals surface area contributed by atoms with Gasteiger partial charge in [0.25, 0.3) is 5.56 Å². The van der Waals surface area contributed by atoms with E-state index in [9.17, 15) is 19.5 Å². The minimum Gasteiger partial charge on any atom is -0.481 e. The molecule has 0 spiro atoms. The van der Waals surface area contributed by atoms with Crippen LogP contribution in [0.3, 0.4) is 0 Å². The highest BCUT2D eigenvalue weighted by Gasteiger charge is 2.31. The van der Waals surface area contributed by atoms with Crippen molar-refractivity contribution < 1.29 is 19.1 Å². The fourth-order valence-corrected chi connectivity index (χ4v) is 6.59. The Bertz CT molecular complexity index is 1610. The first-order valence-corrected chi connectivity index (χ1v) is 14.5. The quantitative estimate of drug-likeness (QED) is 0.279. The predicted molar refractivity (Wildman–Crippen MR) is 154 cm³/mol. The molecule has 0 aliphatic heterocycles. The van der Waals surface area contributed by atoms with Gasteiger partial charge in [-0.05, 0) is 43.6 Å². The fourth-order valence-electron chi connectivity index (χ4n) is 5.45. The minimum absolute atomic E-state index is 0.0512. The normalized spacial score (nSPS) is 17.2. The first-order valence-electron chi connectivity index (χ1n) is 13.7. The van der Waals surface area contributed by atoms with Gasteiger partial charge in [-0.1, -0.05) is 51.1 Å². The van der Waals surface area contributed by atoms with Crippen LogP contribution in [0, 0.1) is 18.3 Å². The number of aromatic nitrogens is 3. The molecule has 212 valence electrons. The van der Waals surface area contributed by atoms with Crippen molar-refractivity contribution >= 4 is 27.5 Å². The van der Waals surface area contributed by atoms with E-state index in [1.807, 2.05) is 37.3 Å². The number of hydrogen-bond acceptors (Lipinski definition) is 7. The molecule has 1 aliphatic rings. The van der Waals surface area contributed by atoms with Gasteiger partial charge in [-0.2, -0.15) is 0 Å². The van der Waals surface area contributed by atoms with Crippen molar-refractivity contribution in [1.82, 2.24) is 14.1 Å². The summed E-state index contributed by atoms with van der Waals surface area (Å²) in [5.41, 5.74) is 0.637. The molecular weight excluding hydrogens is 530 g/mol. The highest BCUT2D eigenvalue weighted by Crippen LogP contribution is 2.39. The zero-order valence-corrected chi connectivity index (χ0v) is 24.1. The maximum Gasteiger partial charge on any atom is 0.332 e. The lowest BCUT2D eigenvalue weighted by molar-refractivity contribution is -0.141. The number of aliphatic carboxylic acids is 1. The lowest BCUT2D eigenvalue weighted by Gasteiger charge is -2.36. The molecule has 1 saturated carbocycles. The first-order chi connectivity index (χ1) is 19.1. The number of carbonyl (C=O) groups is 1. The van der Waals surface area contributed by atoms with Crippen LogP contribution >= 0.6 is 11.3 Å². The van der Waals surface area contributed by atoms with Crippen LogP contribution in [0.15, 0.2) is 56.8 Å². The smallest absolute Gasteiger partial charge is 0.332 e. The van der Waals surface area contributed by atoms with Crippen LogP contribution in [-0.4, -0.2) is 31.3 Å². The van der Waals surface area contributed by atoms with Crippen LogP contribution in [0.25, 0.3) is 21.7 Å². The summed E-state index contributed by atoms with van der Waals surface area (Å²) in [5, 5.41) is 9.86. The first kappa shape index (κ1) is 28.0. The zero-order chi connectivity index (χ0) is 28.6. The molecule has 4 aromatic rings. The van der Waals surface area contributed by atoms with Crippen molar-refractivity contribution in [3.8, 4) is 11.5 Å². The number of thiophene rings is 1. The third kappa shape index (κ3) is 5.55. The van der Waals surface area contributed by atoms with Crippen molar-refractivity contribution in [2.75, 3.05) is 0 Å². The number of nitrogens with zero attached hydrogens (tertiary/aromatic N) is 3. The Balaban J connectivity index is 1.65. The third-order valence-corrected chi connectivity index (χ3v) is 9.05. The molecule has 1 aromatic carbocycles. The number of carboxylic acid groups (broad SMARTS) is 1. The van der Waals surface area contributed by atoms with E-state index in [4.69, 9.17) is 9.15 Å². The van der Waals surface area contributed by atoms with E-state index in [-0.39, 0.29) is 30.5 Å². The minimum atomic E-state index is -1.09. The molecule has 0 bridgehead atoms. The van der Waals surface area contributed by atoms with E-state index < -0.39 is 29.2 Å².